The third kappa shape index (κ3) is 1.61. The first-order valence-corrected chi connectivity index (χ1v) is 7.32. The number of methoxy groups -OCH3 is 1. The zero-order chi connectivity index (χ0) is 13.0. The van der Waals surface area contributed by atoms with Crippen molar-refractivity contribution in [1.29, 1.82) is 0 Å². The molecule has 0 N–H and O–H groups in total. The Labute approximate surface area is 111 Å². The lowest BCUT2D eigenvalue weighted by Gasteiger charge is -2.56. The Kier molecular flexibility index (Phi) is 2.87. The monoisotopic (exact) mass is 250 g/mol. The van der Waals surface area contributed by atoms with E-state index in [2.05, 4.69) is 26.8 Å². The van der Waals surface area contributed by atoms with Gasteiger partial charge in [-0.15, -0.1) is 0 Å². The molecule has 0 amide bonds. The second-order valence-corrected chi connectivity index (χ2v) is 7.31. The molecular formula is C16H26O2. The Hall–Kier alpha value is -0.340. The summed E-state index contributed by atoms with van der Waals surface area (Å²) < 4.78 is 11.4. The highest BCUT2D eigenvalue weighted by Crippen LogP contribution is 2.61. The van der Waals surface area contributed by atoms with Crippen molar-refractivity contribution in [3.8, 4) is 0 Å². The molecular weight excluding hydrogens is 224 g/mol. The fourth-order valence-corrected chi connectivity index (χ4v) is 5.06. The van der Waals surface area contributed by atoms with E-state index >= 15 is 0 Å². The predicted octanol–water partition coefficient (Wildman–Crippen LogP) is 3.77. The molecule has 1 heterocycles. The first-order chi connectivity index (χ1) is 8.49. The van der Waals surface area contributed by atoms with Gasteiger partial charge in [-0.2, -0.15) is 0 Å². The summed E-state index contributed by atoms with van der Waals surface area (Å²) in [5, 5.41) is 0. The first-order valence-electron chi connectivity index (χ1n) is 7.32. The lowest BCUT2D eigenvalue weighted by Crippen LogP contribution is -2.50. The maximum atomic E-state index is 5.84. The maximum absolute atomic E-state index is 5.84. The Morgan fingerprint density at radius 1 is 1.28 bits per heavy atom. The highest BCUT2D eigenvalue weighted by Gasteiger charge is 2.56. The third-order valence-corrected chi connectivity index (χ3v) is 5.92. The minimum absolute atomic E-state index is 0.0158. The van der Waals surface area contributed by atoms with E-state index in [1.165, 1.54) is 31.3 Å². The third-order valence-electron chi connectivity index (χ3n) is 5.92. The molecule has 18 heavy (non-hydrogen) atoms. The Balaban J connectivity index is 2.01. The van der Waals surface area contributed by atoms with Crippen molar-refractivity contribution < 1.29 is 9.47 Å². The van der Waals surface area contributed by atoms with Crippen molar-refractivity contribution in [2.75, 3.05) is 13.7 Å². The van der Waals surface area contributed by atoms with Crippen molar-refractivity contribution in [2.24, 2.45) is 22.7 Å². The fraction of sp³-hybridized carbons (Fsp3) is 0.875. The first kappa shape index (κ1) is 12.7. The molecule has 0 bridgehead atoms. The maximum Gasteiger partial charge on any atom is 0.164 e. The Morgan fingerprint density at radius 3 is 2.78 bits per heavy atom. The highest BCUT2D eigenvalue weighted by atomic mass is 16.7. The van der Waals surface area contributed by atoms with Crippen molar-refractivity contribution in [3.05, 3.63) is 11.6 Å². The van der Waals surface area contributed by atoms with Crippen LogP contribution in [0.5, 0.6) is 0 Å². The van der Waals surface area contributed by atoms with Crippen LogP contribution in [-0.4, -0.2) is 20.0 Å². The molecule has 0 aromatic rings. The molecule has 0 aromatic carbocycles. The number of rotatable bonds is 1. The molecule has 2 nitrogen and oxygen atoms in total. The van der Waals surface area contributed by atoms with Crippen LogP contribution in [0.25, 0.3) is 0 Å². The summed E-state index contributed by atoms with van der Waals surface area (Å²) in [6, 6.07) is 0. The van der Waals surface area contributed by atoms with Gasteiger partial charge in [-0.3, -0.25) is 0 Å². The Bertz CT molecular complexity index is 371. The van der Waals surface area contributed by atoms with Gasteiger partial charge in [-0.1, -0.05) is 33.3 Å². The average molecular weight is 250 g/mol. The molecule has 3 rings (SSSR count). The molecule has 1 saturated carbocycles. The molecule has 2 heteroatoms. The fourth-order valence-electron chi connectivity index (χ4n) is 5.06. The summed E-state index contributed by atoms with van der Waals surface area (Å²) in [5.41, 5.74) is 2.32. The van der Waals surface area contributed by atoms with Gasteiger partial charge in [0.25, 0.3) is 0 Å². The summed E-state index contributed by atoms with van der Waals surface area (Å²) in [6.45, 7) is 8.17. The summed E-state index contributed by atoms with van der Waals surface area (Å²) in [6.07, 6.45) is 7.70. The molecule has 0 radical (unpaired) electrons. The van der Waals surface area contributed by atoms with E-state index in [1.54, 1.807) is 7.11 Å². The SMILES string of the molecule is COC1OCC2=CCC3C(C)(C)CCC[C@]3(C)C21. The van der Waals surface area contributed by atoms with Crippen LogP contribution < -0.4 is 0 Å². The summed E-state index contributed by atoms with van der Waals surface area (Å²) in [7, 11) is 1.79. The van der Waals surface area contributed by atoms with Gasteiger partial charge < -0.3 is 9.47 Å². The van der Waals surface area contributed by atoms with E-state index in [0.717, 1.165) is 12.5 Å². The van der Waals surface area contributed by atoms with Crippen LogP contribution in [0.2, 0.25) is 0 Å². The summed E-state index contributed by atoms with van der Waals surface area (Å²) in [4.78, 5) is 0. The van der Waals surface area contributed by atoms with Crippen molar-refractivity contribution in [3.63, 3.8) is 0 Å². The second kappa shape index (κ2) is 4.08. The number of allylic oxidation sites excluding steroid dienone is 1. The van der Waals surface area contributed by atoms with Crippen molar-refractivity contribution in [1.82, 2.24) is 0 Å². The number of ether oxygens (including phenoxy) is 2. The largest absolute Gasteiger partial charge is 0.355 e. The van der Waals surface area contributed by atoms with E-state index in [9.17, 15) is 0 Å². The number of hydrogen-bond donors (Lipinski definition) is 0. The van der Waals surface area contributed by atoms with Gasteiger partial charge in [0, 0.05) is 13.0 Å². The van der Waals surface area contributed by atoms with Gasteiger partial charge in [-0.05, 0) is 41.6 Å². The second-order valence-electron chi connectivity index (χ2n) is 7.31. The van der Waals surface area contributed by atoms with Crippen LogP contribution in [0.15, 0.2) is 11.6 Å². The van der Waals surface area contributed by atoms with E-state index < -0.39 is 0 Å². The van der Waals surface area contributed by atoms with E-state index in [0.29, 0.717) is 16.7 Å². The van der Waals surface area contributed by atoms with Gasteiger partial charge in [0.05, 0.1) is 6.61 Å². The number of hydrogen-bond acceptors (Lipinski definition) is 2. The van der Waals surface area contributed by atoms with Crippen LogP contribution in [0, 0.1) is 22.7 Å². The lowest BCUT2D eigenvalue weighted by molar-refractivity contribution is -0.156. The van der Waals surface area contributed by atoms with Gasteiger partial charge in [0.15, 0.2) is 6.29 Å². The van der Waals surface area contributed by atoms with Crippen molar-refractivity contribution in [2.45, 2.75) is 52.7 Å². The van der Waals surface area contributed by atoms with Gasteiger partial charge in [-0.25, -0.2) is 0 Å². The molecule has 102 valence electrons. The van der Waals surface area contributed by atoms with Gasteiger partial charge in [0.2, 0.25) is 0 Å². The van der Waals surface area contributed by atoms with Crippen LogP contribution >= 0.6 is 0 Å². The lowest BCUT2D eigenvalue weighted by atomic mass is 9.49. The van der Waals surface area contributed by atoms with Crippen LogP contribution in [-0.2, 0) is 9.47 Å². The Morgan fingerprint density at radius 2 is 2.06 bits per heavy atom. The van der Waals surface area contributed by atoms with Crippen molar-refractivity contribution >= 4 is 0 Å². The topological polar surface area (TPSA) is 18.5 Å². The molecule has 4 atom stereocenters. The quantitative estimate of drug-likeness (QED) is 0.660. The van der Waals surface area contributed by atoms with Crippen LogP contribution in [0.4, 0.5) is 0 Å². The summed E-state index contributed by atoms with van der Waals surface area (Å²) in [5.74, 6) is 1.26. The highest BCUT2D eigenvalue weighted by molar-refractivity contribution is 5.23. The minimum atomic E-state index is -0.0158. The molecule has 0 spiro atoms. The van der Waals surface area contributed by atoms with E-state index in [4.69, 9.17) is 9.47 Å². The van der Waals surface area contributed by atoms with E-state index in [-0.39, 0.29) is 6.29 Å². The molecule has 3 unspecified atom stereocenters. The molecule has 0 aromatic heterocycles. The average Bonchev–Trinajstić information content (AvgIpc) is 2.72. The van der Waals surface area contributed by atoms with E-state index in [1.807, 2.05) is 0 Å². The normalized spacial score (nSPS) is 46.2. The molecule has 2 aliphatic carbocycles. The molecule has 3 aliphatic rings. The predicted molar refractivity (Wildman–Crippen MR) is 72.2 cm³/mol. The molecule has 1 aliphatic heterocycles. The summed E-state index contributed by atoms with van der Waals surface area (Å²) >= 11 is 0. The van der Waals surface area contributed by atoms with Gasteiger partial charge >= 0.3 is 0 Å². The minimum Gasteiger partial charge on any atom is -0.355 e. The standard InChI is InChI=1S/C16H26O2/c1-15(2)8-5-9-16(3)12(15)7-6-11-10-18-14(17-4)13(11)16/h6,12-14H,5,7-10H2,1-4H3/t12?,13?,14?,16-/m0/s1. The molecule has 1 saturated heterocycles. The molecule has 2 fully saturated rings. The zero-order valence-corrected chi connectivity index (χ0v) is 12.2. The van der Waals surface area contributed by atoms with Crippen LogP contribution in [0.3, 0.4) is 0 Å². The van der Waals surface area contributed by atoms with Crippen LogP contribution in [0.1, 0.15) is 46.5 Å². The smallest absolute Gasteiger partial charge is 0.164 e. The zero-order valence-electron chi connectivity index (χ0n) is 12.2. The van der Waals surface area contributed by atoms with Gasteiger partial charge in [0.1, 0.15) is 0 Å². The number of fused-ring (bicyclic) bond motifs is 3.